The summed E-state index contributed by atoms with van der Waals surface area (Å²) in [5.74, 6) is -2.46. The highest BCUT2D eigenvalue weighted by Crippen LogP contribution is 2.26. The van der Waals surface area contributed by atoms with Gasteiger partial charge in [0, 0.05) is 32.1 Å². The van der Waals surface area contributed by atoms with Crippen LogP contribution in [0.5, 0.6) is 0 Å². The van der Waals surface area contributed by atoms with Crippen LogP contribution < -0.4 is 0 Å². The summed E-state index contributed by atoms with van der Waals surface area (Å²) in [6.07, 6.45) is 0.832. The Labute approximate surface area is 145 Å². The van der Waals surface area contributed by atoms with E-state index in [1.807, 2.05) is 0 Å². The fourth-order valence-electron chi connectivity index (χ4n) is 3.17. The highest BCUT2D eigenvalue weighted by molar-refractivity contribution is 7.89. The first-order valence-corrected chi connectivity index (χ1v) is 9.65. The van der Waals surface area contributed by atoms with Crippen molar-refractivity contribution in [2.45, 2.75) is 17.7 Å². The smallest absolute Gasteiger partial charge is 0.243 e. The number of carbonyl (C=O) groups excluding carboxylic acids is 1. The summed E-state index contributed by atoms with van der Waals surface area (Å²) in [5, 5.41) is 0. The molecule has 2 saturated heterocycles. The first-order valence-electron chi connectivity index (χ1n) is 8.21. The van der Waals surface area contributed by atoms with Gasteiger partial charge in [-0.1, -0.05) is 0 Å². The van der Waals surface area contributed by atoms with E-state index in [1.165, 1.54) is 4.31 Å². The summed E-state index contributed by atoms with van der Waals surface area (Å²) >= 11 is 0. The molecule has 0 unspecified atom stereocenters. The molecule has 1 aromatic carbocycles. The Hall–Kier alpha value is -1.58. The first kappa shape index (κ1) is 18.2. The zero-order chi connectivity index (χ0) is 18.0. The van der Waals surface area contributed by atoms with Gasteiger partial charge in [0.05, 0.1) is 18.1 Å². The maximum Gasteiger partial charge on any atom is 0.243 e. The van der Waals surface area contributed by atoms with Gasteiger partial charge in [0.1, 0.15) is 0 Å². The topological polar surface area (TPSA) is 66.9 Å². The third-order valence-corrected chi connectivity index (χ3v) is 6.55. The number of rotatable bonds is 3. The molecule has 0 N–H and O–H groups in total. The lowest BCUT2D eigenvalue weighted by atomic mass is 9.96. The van der Waals surface area contributed by atoms with Crippen molar-refractivity contribution in [3.63, 3.8) is 0 Å². The normalized spacial score (nSPS) is 20.6. The molecule has 0 spiro atoms. The van der Waals surface area contributed by atoms with E-state index in [-0.39, 0.29) is 29.8 Å². The average molecular weight is 374 g/mol. The van der Waals surface area contributed by atoms with E-state index < -0.39 is 21.7 Å². The monoisotopic (exact) mass is 374 g/mol. The number of amides is 1. The lowest BCUT2D eigenvalue weighted by Crippen LogP contribution is -2.47. The van der Waals surface area contributed by atoms with Gasteiger partial charge in [-0.05, 0) is 31.0 Å². The van der Waals surface area contributed by atoms with Crippen LogP contribution in [0.2, 0.25) is 0 Å². The number of ether oxygens (including phenoxy) is 1. The van der Waals surface area contributed by atoms with Gasteiger partial charge < -0.3 is 9.64 Å². The van der Waals surface area contributed by atoms with E-state index in [1.54, 1.807) is 4.90 Å². The van der Waals surface area contributed by atoms with Crippen LogP contribution in [0.3, 0.4) is 0 Å². The third kappa shape index (κ3) is 3.83. The van der Waals surface area contributed by atoms with Crippen LogP contribution >= 0.6 is 0 Å². The third-order valence-electron chi connectivity index (χ3n) is 4.65. The number of nitrogens with zero attached hydrogens (tertiary/aromatic N) is 2. The standard InChI is InChI=1S/C16H20F2N2O4S/c17-14-2-1-13(11-15(14)18)25(22,23)20-5-3-12(4-6-20)16(21)19-7-9-24-10-8-19/h1-2,11-12H,3-10H2. The quantitative estimate of drug-likeness (QED) is 0.798. The van der Waals surface area contributed by atoms with E-state index >= 15 is 0 Å². The summed E-state index contributed by atoms with van der Waals surface area (Å²) < 4.78 is 57.9. The lowest BCUT2D eigenvalue weighted by Gasteiger charge is -2.35. The van der Waals surface area contributed by atoms with Gasteiger partial charge in [0.25, 0.3) is 0 Å². The number of halogens is 2. The van der Waals surface area contributed by atoms with Crippen molar-refractivity contribution in [1.82, 2.24) is 9.21 Å². The Balaban J connectivity index is 1.64. The fraction of sp³-hybridized carbons (Fsp3) is 0.562. The van der Waals surface area contributed by atoms with Gasteiger partial charge in [0.2, 0.25) is 15.9 Å². The highest BCUT2D eigenvalue weighted by atomic mass is 32.2. The van der Waals surface area contributed by atoms with Gasteiger partial charge >= 0.3 is 0 Å². The number of hydrogen-bond donors (Lipinski definition) is 0. The molecule has 9 heteroatoms. The zero-order valence-electron chi connectivity index (χ0n) is 13.7. The summed E-state index contributed by atoms with van der Waals surface area (Å²) in [7, 11) is -3.89. The highest BCUT2D eigenvalue weighted by Gasteiger charge is 2.34. The van der Waals surface area contributed by atoms with Crippen LogP contribution in [0, 0.1) is 17.6 Å². The molecule has 0 radical (unpaired) electrons. The molecule has 0 aliphatic carbocycles. The predicted octanol–water partition coefficient (Wildman–Crippen LogP) is 1.22. The molecule has 3 rings (SSSR count). The number of benzene rings is 1. The van der Waals surface area contributed by atoms with E-state index in [2.05, 4.69) is 0 Å². The van der Waals surface area contributed by atoms with Crippen molar-refractivity contribution in [2.24, 2.45) is 5.92 Å². The molecule has 6 nitrogen and oxygen atoms in total. The van der Waals surface area contributed by atoms with E-state index in [9.17, 15) is 22.0 Å². The van der Waals surface area contributed by atoms with E-state index in [4.69, 9.17) is 4.74 Å². The number of piperidine rings is 1. The maximum absolute atomic E-state index is 13.3. The van der Waals surface area contributed by atoms with Gasteiger partial charge in [-0.3, -0.25) is 4.79 Å². The summed E-state index contributed by atoms with van der Waals surface area (Å²) in [6.45, 7) is 2.53. The fourth-order valence-corrected chi connectivity index (χ4v) is 4.65. The molecule has 2 fully saturated rings. The largest absolute Gasteiger partial charge is 0.378 e. The van der Waals surface area contributed by atoms with Crippen LogP contribution in [0.15, 0.2) is 23.1 Å². The Morgan fingerprint density at radius 2 is 1.68 bits per heavy atom. The van der Waals surface area contributed by atoms with Gasteiger partial charge in [-0.15, -0.1) is 0 Å². The second-order valence-electron chi connectivity index (χ2n) is 6.19. The van der Waals surface area contributed by atoms with Crippen molar-refractivity contribution in [1.29, 1.82) is 0 Å². The molecule has 0 saturated carbocycles. The van der Waals surface area contributed by atoms with Crippen molar-refractivity contribution in [3.05, 3.63) is 29.8 Å². The van der Waals surface area contributed by atoms with Crippen LogP contribution in [-0.2, 0) is 19.6 Å². The predicted molar refractivity (Wildman–Crippen MR) is 85.2 cm³/mol. The molecule has 1 aromatic rings. The molecule has 138 valence electrons. The number of sulfonamides is 1. The minimum atomic E-state index is -3.89. The molecule has 0 atom stereocenters. The average Bonchev–Trinajstić information content (AvgIpc) is 2.64. The van der Waals surface area contributed by atoms with Gasteiger partial charge in [0.15, 0.2) is 11.6 Å². The molecule has 0 bridgehead atoms. The lowest BCUT2D eigenvalue weighted by molar-refractivity contribution is -0.140. The summed E-state index contributed by atoms with van der Waals surface area (Å²) in [4.78, 5) is 14.0. The number of hydrogen-bond acceptors (Lipinski definition) is 4. The number of carbonyl (C=O) groups is 1. The van der Waals surface area contributed by atoms with Crippen LogP contribution in [0.25, 0.3) is 0 Å². The Kier molecular flexibility index (Phi) is 5.35. The van der Waals surface area contributed by atoms with Crippen molar-refractivity contribution >= 4 is 15.9 Å². The Morgan fingerprint density at radius 3 is 2.28 bits per heavy atom. The SMILES string of the molecule is O=C(C1CCN(S(=O)(=O)c2ccc(F)c(F)c2)CC1)N1CCOCC1. The minimum absolute atomic E-state index is 0.0353. The summed E-state index contributed by atoms with van der Waals surface area (Å²) in [6, 6.07) is 2.55. The second-order valence-corrected chi connectivity index (χ2v) is 8.13. The van der Waals surface area contributed by atoms with Gasteiger partial charge in [-0.25, -0.2) is 17.2 Å². The molecule has 2 aliphatic rings. The van der Waals surface area contributed by atoms with Gasteiger partial charge in [-0.2, -0.15) is 4.31 Å². The van der Waals surface area contributed by atoms with Crippen LogP contribution in [0.1, 0.15) is 12.8 Å². The molecule has 0 aromatic heterocycles. The Bertz CT molecular complexity index is 743. The minimum Gasteiger partial charge on any atom is -0.378 e. The van der Waals surface area contributed by atoms with Crippen molar-refractivity contribution in [2.75, 3.05) is 39.4 Å². The molecule has 25 heavy (non-hydrogen) atoms. The zero-order valence-corrected chi connectivity index (χ0v) is 14.5. The van der Waals surface area contributed by atoms with Crippen LogP contribution in [-0.4, -0.2) is 62.9 Å². The first-order chi connectivity index (χ1) is 11.9. The van der Waals surface area contributed by atoms with E-state index in [0.717, 1.165) is 12.1 Å². The Morgan fingerprint density at radius 1 is 1.04 bits per heavy atom. The molecule has 2 aliphatic heterocycles. The van der Waals surface area contributed by atoms with Crippen molar-refractivity contribution in [3.8, 4) is 0 Å². The molecule has 1 amide bonds. The molecular formula is C16H20F2N2O4S. The second kappa shape index (κ2) is 7.35. The van der Waals surface area contributed by atoms with Crippen molar-refractivity contribution < 1.29 is 26.7 Å². The summed E-state index contributed by atoms with van der Waals surface area (Å²) in [5.41, 5.74) is 0. The van der Waals surface area contributed by atoms with Crippen LogP contribution in [0.4, 0.5) is 8.78 Å². The number of morpholine rings is 1. The maximum atomic E-state index is 13.3. The van der Waals surface area contributed by atoms with E-state index in [0.29, 0.717) is 45.2 Å². The molecule has 2 heterocycles. The molecular weight excluding hydrogens is 354 g/mol.